The van der Waals surface area contributed by atoms with E-state index in [-0.39, 0.29) is 10.1 Å². The summed E-state index contributed by atoms with van der Waals surface area (Å²) in [5, 5.41) is 3.80. The van der Waals surface area contributed by atoms with Crippen molar-refractivity contribution in [3.05, 3.63) is 69.7 Å². The lowest BCUT2D eigenvalue weighted by molar-refractivity contribution is 0.0629. The highest BCUT2D eigenvalue weighted by Gasteiger charge is 2.22. The van der Waals surface area contributed by atoms with Gasteiger partial charge in [-0.25, -0.2) is 8.42 Å². The van der Waals surface area contributed by atoms with Crippen molar-refractivity contribution in [2.75, 3.05) is 30.9 Å². The number of amides is 1. The molecule has 1 fully saturated rings. The Morgan fingerprint density at radius 3 is 2.24 bits per heavy atom. The summed E-state index contributed by atoms with van der Waals surface area (Å²) in [5.74, 6) is -0.0200. The van der Waals surface area contributed by atoms with Gasteiger partial charge in [0, 0.05) is 48.9 Å². The van der Waals surface area contributed by atoms with Crippen LogP contribution in [0.2, 0.25) is 0 Å². The fourth-order valence-electron chi connectivity index (χ4n) is 3.22. The lowest BCUT2D eigenvalue weighted by Gasteiger charge is -2.34. The summed E-state index contributed by atoms with van der Waals surface area (Å²) in [6.45, 7) is 4.01. The van der Waals surface area contributed by atoms with Gasteiger partial charge in [0.1, 0.15) is 4.21 Å². The highest BCUT2D eigenvalue weighted by atomic mass is 32.2. The minimum Gasteiger partial charge on any atom is -0.336 e. The number of carbonyl (C=O) groups excluding carboxylic acids is 1. The van der Waals surface area contributed by atoms with Gasteiger partial charge in [-0.15, -0.1) is 22.7 Å². The van der Waals surface area contributed by atoms with E-state index in [0.29, 0.717) is 24.3 Å². The van der Waals surface area contributed by atoms with Crippen molar-refractivity contribution in [1.82, 2.24) is 9.80 Å². The third kappa shape index (κ3) is 4.87. The fourth-order valence-corrected chi connectivity index (χ4v) is 6.01. The molecule has 0 atom stereocenters. The molecule has 2 aromatic heterocycles. The Hall–Kier alpha value is -2.20. The summed E-state index contributed by atoms with van der Waals surface area (Å²) in [5.41, 5.74) is 1.01. The number of rotatable bonds is 6. The molecule has 1 aromatic carbocycles. The zero-order valence-corrected chi connectivity index (χ0v) is 18.1. The molecule has 1 amide bonds. The first kappa shape index (κ1) is 20.1. The van der Waals surface area contributed by atoms with Crippen LogP contribution < -0.4 is 4.72 Å². The number of carbonyl (C=O) groups is 1. The molecule has 0 radical (unpaired) electrons. The highest BCUT2D eigenvalue weighted by Crippen LogP contribution is 2.21. The standard InChI is InChI=1S/C20H21N3O3S3/c24-20(23-11-9-22(10-12-23)15-18-3-1-13-27-18)16-5-7-17(8-6-16)21-29(25,26)19-4-2-14-28-19/h1-8,13-14,21H,9-12,15H2. The number of benzene rings is 1. The van der Waals surface area contributed by atoms with E-state index in [2.05, 4.69) is 27.1 Å². The van der Waals surface area contributed by atoms with Crippen LogP contribution in [0.4, 0.5) is 5.69 Å². The van der Waals surface area contributed by atoms with E-state index in [0.717, 1.165) is 31.0 Å². The van der Waals surface area contributed by atoms with Crippen LogP contribution in [0.15, 0.2) is 63.5 Å². The zero-order chi connectivity index (χ0) is 20.3. The summed E-state index contributed by atoms with van der Waals surface area (Å²) < 4.78 is 27.4. The lowest BCUT2D eigenvalue weighted by Crippen LogP contribution is -2.48. The molecule has 6 nitrogen and oxygen atoms in total. The molecule has 1 aliphatic rings. The number of hydrogen-bond acceptors (Lipinski definition) is 6. The predicted octanol–water partition coefficient (Wildman–Crippen LogP) is 3.57. The van der Waals surface area contributed by atoms with Gasteiger partial charge < -0.3 is 4.90 Å². The molecule has 0 saturated carbocycles. The van der Waals surface area contributed by atoms with Crippen molar-refractivity contribution in [3.63, 3.8) is 0 Å². The van der Waals surface area contributed by atoms with Crippen LogP contribution in [0.25, 0.3) is 0 Å². The maximum absolute atomic E-state index is 12.8. The largest absolute Gasteiger partial charge is 0.336 e. The summed E-state index contributed by atoms with van der Waals surface area (Å²) in [4.78, 5) is 18.3. The number of piperazine rings is 1. The minimum atomic E-state index is -3.58. The average Bonchev–Trinajstić information content (AvgIpc) is 3.43. The van der Waals surface area contributed by atoms with Crippen molar-refractivity contribution >= 4 is 44.3 Å². The molecule has 29 heavy (non-hydrogen) atoms. The maximum Gasteiger partial charge on any atom is 0.271 e. The van der Waals surface area contributed by atoms with E-state index in [1.54, 1.807) is 53.1 Å². The monoisotopic (exact) mass is 447 g/mol. The molecule has 1 N–H and O–H groups in total. The van der Waals surface area contributed by atoms with Crippen molar-refractivity contribution < 1.29 is 13.2 Å². The van der Waals surface area contributed by atoms with Crippen molar-refractivity contribution in [2.45, 2.75) is 10.8 Å². The Balaban J connectivity index is 1.34. The number of sulfonamides is 1. The molecule has 0 spiro atoms. The number of nitrogens with zero attached hydrogens (tertiary/aromatic N) is 2. The van der Waals surface area contributed by atoms with Gasteiger partial charge in [-0.05, 0) is 47.2 Å². The number of anilines is 1. The van der Waals surface area contributed by atoms with Crippen LogP contribution in [-0.4, -0.2) is 50.3 Å². The molecular weight excluding hydrogens is 426 g/mol. The van der Waals surface area contributed by atoms with Crippen molar-refractivity contribution in [2.24, 2.45) is 0 Å². The number of hydrogen-bond donors (Lipinski definition) is 1. The highest BCUT2D eigenvalue weighted by molar-refractivity contribution is 7.94. The third-order valence-corrected chi connectivity index (χ3v) is 8.40. The molecule has 152 valence electrons. The van der Waals surface area contributed by atoms with Gasteiger partial charge in [-0.3, -0.25) is 14.4 Å². The van der Waals surface area contributed by atoms with Gasteiger partial charge in [0.25, 0.3) is 15.9 Å². The Bertz CT molecular complexity index is 1040. The van der Waals surface area contributed by atoms with Crippen LogP contribution in [0.1, 0.15) is 15.2 Å². The normalized spacial score (nSPS) is 15.4. The van der Waals surface area contributed by atoms with Gasteiger partial charge in [-0.1, -0.05) is 12.1 Å². The van der Waals surface area contributed by atoms with E-state index in [4.69, 9.17) is 0 Å². The smallest absolute Gasteiger partial charge is 0.271 e. The molecular formula is C20H21N3O3S3. The zero-order valence-electron chi connectivity index (χ0n) is 15.7. The van der Waals surface area contributed by atoms with Crippen LogP contribution >= 0.6 is 22.7 Å². The molecule has 0 unspecified atom stereocenters. The molecule has 0 aliphatic carbocycles. The molecule has 3 aromatic rings. The third-order valence-electron chi connectivity index (χ3n) is 4.76. The quantitative estimate of drug-likeness (QED) is 0.627. The van der Waals surface area contributed by atoms with E-state index in [9.17, 15) is 13.2 Å². The second-order valence-electron chi connectivity index (χ2n) is 6.76. The minimum absolute atomic E-state index is 0.0200. The first-order chi connectivity index (χ1) is 14.0. The van der Waals surface area contributed by atoms with E-state index in [1.165, 1.54) is 4.88 Å². The molecule has 4 rings (SSSR count). The number of nitrogens with one attached hydrogen (secondary N) is 1. The van der Waals surface area contributed by atoms with E-state index >= 15 is 0 Å². The van der Waals surface area contributed by atoms with Gasteiger partial charge in [0.2, 0.25) is 0 Å². The molecule has 9 heteroatoms. The summed E-state index contributed by atoms with van der Waals surface area (Å²) in [7, 11) is -3.58. The first-order valence-corrected chi connectivity index (χ1v) is 12.5. The molecule has 0 bridgehead atoms. The second-order valence-corrected chi connectivity index (χ2v) is 10.7. The summed E-state index contributed by atoms with van der Waals surface area (Å²) in [6.07, 6.45) is 0. The Morgan fingerprint density at radius 2 is 1.62 bits per heavy atom. The van der Waals surface area contributed by atoms with E-state index in [1.807, 2.05) is 4.90 Å². The molecule has 1 saturated heterocycles. The lowest BCUT2D eigenvalue weighted by atomic mass is 10.1. The van der Waals surface area contributed by atoms with Crippen LogP contribution in [-0.2, 0) is 16.6 Å². The first-order valence-electron chi connectivity index (χ1n) is 9.22. The predicted molar refractivity (Wildman–Crippen MR) is 117 cm³/mol. The van der Waals surface area contributed by atoms with Gasteiger partial charge in [0.15, 0.2) is 0 Å². The molecule has 3 heterocycles. The van der Waals surface area contributed by atoms with Crippen LogP contribution in [0.5, 0.6) is 0 Å². The topological polar surface area (TPSA) is 69.7 Å². The summed E-state index contributed by atoms with van der Waals surface area (Å²) >= 11 is 2.92. The summed E-state index contributed by atoms with van der Waals surface area (Å²) in [6, 6.07) is 14.1. The van der Waals surface area contributed by atoms with Gasteiger partial charge >= 0.3 is 0 Å². The molecule has 1 aliphatic heterocycles. The Morgan fingerprint density at radius 1 is 0.931 bits per heavy atom. The van der Waals surface area contributed by atoms with Crippen molar-refractivity contribution in [3.8, 4) is 0 Å². The maximum atomic E-state index is 12.8. The van der Waals surface area contributed by atoms with E-state index < -0.39 is 10.0 Å². The average molecular weight is 448 g/mol. The van der Waals surface area contributed by atoms with Crippen LogP contribution in [0.3, 0.4) is 0 Å². The van der Waals surface area contributed by atoms with Gasteiger partial charge in [-0.2, -0.15) is 0 Å². The Labute approximate surface area is 178 Å². The SMILES string of the molecule is O=C(c1ccc(NS(=O)(=O)c2cccs2)cc1)N1CCN(Cc2cccs2)CC1. The Kier molecular flexibility index (Phi) is 6.00. The second kappa shape index (κ2) is 8.66. The van der Waals surface area contributed by atoms with Gasteiger partial charge in [0.05, 0.1) is 0 Å². The number of thiophene rings is 2. The van der Waals surface area contributed by atoms with Crippen molar-refractivity contribution in [1.29, 1.82) is 0 Å². The van der Waals surface area contributed by atoms with Crippen LogP contribution in [0, 0.1) is 0 Å². The fraction of sp³-hybridized carbons (Fsp3) is 0.250.